The zero-order valence-electron chi connectivity index (χ0n) is 16.8. The molecule has 3 rings (SSSR count). The van der Waals surface area contributed by atoms with Gasteiger partial charge in [-0.15, -0.1) is 5.10 Å². The quantitative estimate of drug-likeness (QED) is 0.617. The molecule has 0 saturated carbocycles. The summed E-state index contributed by atoms with van der Waals surface area (Å²) in [6, 6.07) is 16.9. The number of nitrogens with one attached hydrogen (secondary N) is 1. The van der Waals surface area contributed by atoms with Crippen LogP contribution in [0.5, 0.6) is 0 Å². The van der Waals surface area contributed by atoms with Gasteiger partial charge in [0.05, 0.1) is 11.4 Å². The van der Waals surface area contributed by atoms with Crippen molar-refractivity contribution in [3.05, 3.63) is 71.5 Å². The lowest BCUT2D eigenvalue weighted by Gasteiger charge is -2.15. The number of hydrogen-bond donors (Lipinski definition) is 1. The highest BCUT2D eigenvalue weighted by atomic mass is 16.5. The van der Waals surface area contributed by atoms with Crippen LogP contribution in [0.2, 0.25) is 0 Å². The van der Waals surface area contributed by atoms with E-state index in [1.807, 2.05) is 54.6 Å². The van der Waals surface area contributed by atoms with Gasteiger partial charge in [-0.2, -0.15) is 9.90 Å². The van der Waals surface area contributed by atoms with E-state index >= 15 is 0 Å². The van der Waals surface area contributed by atoms with E-state index in [0.29, 0.717) is 11.6 Å². The third-order valence-corrected chi connectivity index (χ3v) is 4.68. The van der Waals surface area contributed by atoms with Crippen LogP contribution in [0, 0.1) is 6.92 Å². The monoisotopic (exact) mass is 392 g/mol. The molecule has 0 aliphatic rings. The molecule has 0 aliphatic heterocycles. The highest BCUT2D eigenvalue weighted by molar-refractivity contribution is 5.95. The average Bonchev–Trinajstić information content (AvgIpc) is 3.14. The number of carbonyl (C=O) groups excluding carboxylic acids is 2. The SMILES string of the molecule is CC[C@@H](C)c1ccccc1NC(=O)COC(=O)c1nn(-c2ccccc2)nc1C. The van der Waals surface area contributed by atoms with E-state index in [1.165, 1.54) is 4.80 Å². The third kappa shape index (κ3) is 4.87. The number of ether oxygens (including phenoxy) is 1. The van der Waals surface area contributed by atoms with Gasteiger partial charge in [0.1, 0.15) is 0 Å². The van der Waals surface area contributed by atoms with Crippen molar-refractivity contribution >= 4 is 17.6 Å². The number of para-hydroxylation sites is 2. The summed E-state index contributed by atoms with van der Waals surface area (Å²) >= 11 is 0. The van der Waals surface area contributed by atoms with Crippen LogP contribution in [0.25, 0.3) is 5.69 Å². The van der Waals surface area contributed by atoms with Crippen LogP contribution in [-0.4, -0.2) is 33.5 Å². The Hall–Kier alpha value is -3.48. The maximum absolute atomic E-state index is 12.4. The van der Waals surface area contributed by atoms with Crippen LogP contribution in [-0.2, 0) is 9.53 Å². The second-order valence-electron chi connectivity index (χ2n) is 6.78. The minimum Gasteiger partial charge on any atom is -0.451 e. The molecule has 1 amide bonds. The summed E-state index contributed by atoms with van der Waals surface area (Å²) < 4.78 is 5.15. The highest BCUT2D eigenvalue weighted by Gasteiger charge is 2.19. The number of anilines is 1. The Morgan fingerprint density at radius 1 is 1.07 bits per heavy atom. The lowest BCUT2D eigenvalue weighted by molar-refractivity contribution is -0.119. The number of amides is 1. The molecule has 1 N–H and O–H groups in total. The summed E-state index contributed by atoms with van der Waals surface area (Å²) in [5.41, 5.74) is 3.03. The first-order valence-electron chi connectivity index (χ1n) is 9.54. The standard InChI is InChI=1S/C22H24N4O3/c1-4-15(2)18-12-8-9-13-19(18)23-20(27)14-29-22(28)21-16(3)24-26(25-21)17-10-6-5-7-11-17/h5-13,15H,4,14H2,1-3H3,(H,23,27)/t15-/m1/s1. The predicted octanol–water partition coefficient (Wildman–Crippen LogP) is 3.88. The van der Waals surface area contributed by atoms with E-state index in [4.69, 9.17) is 4.74 Å². The Morgan fingerprint density at radius 3 is 2.48 bits per heavy atom. The number of esters is 1. The Labute approximate surface area is 169 Å². The molecule has 1 atom stereocenters. The summed E-state index contributed by atoms with van der Waals surface area (Å²) in [6.07, 6.45) is 0.957. The van der Waals surface area contributed by atoms with Crippen LogP contribution in [0.15, 0.2) is 54.6 Å². The first-order chi connectivity index (χ1) is 14.0. The fourth-order valence-corrected chi connectivity index (χ4v) is 2.89. The van der Waals surface area contributed by atoms with Crippen molar-refractivity contribution in [3.63, 3.8) is 0 Å². The Balaban J connectivity index is 1.63. The van der Waals surface area contributed by atoms with Crippen LogP contribution in [0.1, 0.15) is 47.9 Å². The molecule has 0 bridgehead atoms. The highest BCUT2D eigenvalue weighted by Crippen LogP contribution is 2.26. The molecule has 2 aromatic carbocycles. The van der Waals surface area contributed by atoms with E-state index in [0.717, 1.165) is 23.4 Å². The minimum absolute atomic E-state index is 0.0849. The second-order valence-corrected chi connectivity index (χ2v) is 6.78. The molecule has 0 unspecified atom stereocenters. The van der Waals surface area contributed by atoms with E-state index < -0.39 is 18.5 Å². The average molecular weight is 392 g/mol. The van der Waals surface area contributed by atoms with Gasteiger partial charge < -0.3 is 10.1 Å². The van der Waals surface area contributed by atoms with Gasteiger partial charge >= 0.3 is 5.97 Å². The summed E-state index contributed by atoms with van der Waals surface area (Å²) in [7, 11) is 0. The van der Waals surface area contributed by atoms with Gasteiger partial charge in [0.25, 0.3) is 5.91 Å². The van der Waals surface area contributed by atoms with Gasteiger partial charge in [0, 0.05) is 5.69 Å². The largest absolute Gasteiger partial charge is 0.451 e. The lowest BCUT2D eigenvalue weighted by atomic mass is 9.97. The van der Waals surface area contributed by atoms with Gasteiger partial charge in [-0.1, -0.05) is 50.2 Å². The molecule has 0 spiro atoms. The zero-order valence-corrected chi connectivity index (χ0v) is 16.8. The molecular formula is C22H24N4O3. The van der Waals surface area contributed by atoms with Crippen LogP contribution < -0.4 is 5.32 Å². The third-order valence-electron chi connectivity index (χ3n) is 4.68. The van der Waals surface area contributed by atoms with Gasteiger partial charge in [0.2, 0.25) is 0 Å². The number of nitrogens with zero attached hydrogens (tertiary/aromatic N) is 3. The number of hydrogen-bond acceptors (Lipinski definition) is 5. The van der Waals surface area contributed by atoms with Crippen molar-refractivity contribution in [2.24, 2.45) is 0 Å². The maximum Gasteiger partial charge on any atom is 0.361 e. The van der Waals surface area contributed by atoms with Crippen molar-refractivity contribution in [2.45, 2.75) is 33.1 Å². The number of rotatable bonds is 7. The summed E-state index contributed by atoms with van der Waals surface area (Å²) in [5.74, 6) is -0.776. The number of benzene rings is 2. The molecule has 0 radical (unpaired) electrons. The Bertz CT molecular complexity index is 998. The van der Waals surface area contributed by atoms with Crippen molar-refractivity contribution in [1.29, 1.82) is 0 Å². The van der Waals surface area contributed by atoms with Crippen LogP contribution >= 0.6 is 0 Å². The molecule has 3 aromatic rings. The first-order valence-corrected chi connectivity index (χ1v) is 9.54. The molecule has 7 nitrogen and oxygen atoms in total. The fraction of sp³-hybridized carbons (Fsp3) is 0.273. The number of aromatic nitrogens is 3. The maximum atomic E-state index is 12.4. The molecular weight excluding hydrogens is 368 g/mol. The van der Waals surface area contributed by atoms with Gasteiger partial charge in [-0.25, -0.2) is 4.79 Å². The fourth-order valence-electron chi connectivity index (χ4n) is 2.89. The van der Waals surface area contributed by atoms with E-state index in [9.17, 15) is 9.59 Å². The van der Waals surface area contributed by atoms with Crippen molar-refractivity contribution in [3.8, 4) is 5.69 Å². The van der Waals surface area contributed by atoms with E-state index in [-0.39, 0.29) is 5.69 Å². The summed E-state index contributed by atoms with van der Waals surface area (Å²) in [5, 5.41) is 11.3. The molecule has 29 heavy (non-hydrogen) atoms. The summed E-state index contributed by atoms with van der Waals surface area (Å²) in [4.78, 5) is 26.0. The van der Waals surface area contributed by atoms with Crippen molar-refractivity contribution < 1.29 is 14.3 Å². The Kier molecular flexibility index (Phi) is 6.39. The van der Waals surface area contributed by atoms with Crippen LogP contribution in [0.3, 0.4) is 0 Å². The van der Waals surface area contributed by atoms with Gasteiger partial charge in [-0.05, 0) is 43.0 Å². The van der Waals surface area contributed by atoms with Crippen LogP contribution in [0.4, 0.5) is 5.69 Å². The normalized spacial score (nSPS) is 11.7. The van der Waals surface area contributed by atoms with E-state index in [2.05, 4.69) is 29.4 Å². The number of aryl methyl sites for hydroxylation is 1. The zero-order chi connectivity index (χ0) is 20.8. The van der Waals surface area contributed by atoms with Crippen molar-refractivity contribution in [1.82, 2.24) is 15.0 Å². The molecule has 0 aliphatic carbocycles. The lowest BCUT2D eigenvalue weighted by Crippen LogP contribution is -2.22. The molecule has 0 fully saturated rings. The Morgan fingerprint density at radius 2 is 1.76 bits per heavy atom. The topological polar surface area (TPSA) is 86.1 Å². The number of carbonyl (C=O) groups is 2. The van der Waals surface area contributed by atoms with Gasteiger partial charge in [-0.3, -0.25) is 4.79 Å². The molecule has 7 heteroatoms. The first kappa shape index (κ1) is 20.3. The minimum atomic E-state index is -0.685. The van der Waals surface area contributed by atoms with Crippen molar-refractivity contribution in [2.75, 3.05) is 11.9 Å². The molecule has 1 heterocycles. The summed E-state index contributed by atoms with van der Waals surface area (Å²) in [6.45, 7) is 5.47. The molecule has 150 valence electrons. The van der Waals surface area contributed by atoms with E-state index in [1.54, 1.807) is 6.92 Å². The van der Waals surface area contributed by atoms with Gasteiger partial charge in [0.15, 0.2) is 12.3 Å². The predicted molar refractivity (Wildman–Crippen MR) is 110 cm³/mol. The second kappa shape index (κ2) is 9.14. The smallest absolute Gasteiger partial charge is 0.361 e. The molecule has 0 saturated heterocycles. The molecule has 1 aromatic heterocycles.